The van der Waals surface area contributed by atoms with Crippen molar-refractivity contribution in [2.24, 2.45) is 0 Å². The molecule has 0 saturated heterocycles. The lowest BCUT2D eigenvalue weighted by Crippen LogP contribution is -2.13. The molecule has 0 fully saturated rings. The molecule has 2 aromatic rings. The topological polar surface area (TPSA) is 50.7 Å². The lowest BCUT2D eigenvalue weighted by molar-refractivity contribution is 0.571. The third-order valence-corrected chi connectivity index (χ3v) is 5.13. The number of rotatable bonds is 3. The Kier molecular flexibility index (Phi) is 3.92. The number of anilines is 1. The molecular weight excluding hydrogens is 276 g/mol. The van der Waals surface area contributed by atoms with Gasteiger partial charge in [0, 0.05) is 18.4 Å². The highest BCUT2D eigenvalue weighted by atomic mass is 32.1. The molecule has 2 rings (SSSR count). The van der Waals surface area contributed by atoms with Gasteiger partial charge < -0.3 is 5.32 Å². The van der Waals surface area contributed by atoms with E-state index in [0.717, 1.165) is 20.7 Å². The fraction of sp³-hybridized carbons (Fsp3) is 0.615. The molecule has 0 aromatic carbocycles. The second-order valence-electron chi connectivity index (χ2n) is 5.80. The van der Waals surface area contributed by atoms with Crippen molar-refractivity contribution in [1.29, 1.82) is 0 Å². The number of nitrogens with zero attached hydrogens (tertiary/aromatic N) is 3. The molecule has 0 aliphatic rings. The van der Waals surface area contributed by atoms with E-state index in [-0.39, 0.29) is 5.41 Å². The van der Waals surface area contributed by atoms with Gasteiger partial charge in [0.1, 0.15) is 0 Å². The fourth-order valence-electron chi connectivity index (χ4n) is 1.65. The van der Waals surface area contributed by atoms with E-state index < -0.39 is 0 Å². The molecule has 19 heavy (non-hydrogen) atoms. The van der Waals surface area contributed by atoms with E-state index in [1.807, 2.05) is 7.05 Å². The Morgan fingerprint density at radius 3 is 2.26 bits per heavy atom. The van der Waals surface area contributed by atoms with Crippen molar-refractivity contribution in [2.45, 2.75) is 46.0 Å². The Morgan fingerprint density at radius 2 is 1.79 bits per heavy atom. The zero-order valence-electron chi connectivity index (χ0n) is 12.2. The standard InChI is InChI=1S/C13H20N4S2/c1-7(2)10-15-9(13(3,4)5)8(18-10)11-16-17-12(14-6)19-11/h7H,1-6H3,(H,14,17). The van der Waals surface area contributed by atoms with E-state index in [9.17, 15) is 0 Å². The maximum absolute atomic E-state index is 4.83. The first-order chi connectivity index (χ1) is 8.82. The van der Waals surface area contributed by atoms with Crippen molar-refractivity contribution in [3.8, 4) is 9.88 Å². The SMILES string of the molecule is CNc1nnc(-c2sc(C(C)C)nc2C(C)(C)C)s1. The van der Waals surface area contributed by atoms with Crippen molar-refractivity contribution in [3.63, 3.8) is 0 Å². The maximum atomic E-state index is 4.83. The monoisotopic (exact) mass is 296 g/mol. The van der Waals surface area contributed by atoms with Crippen LogP contribution < -0.4 is 5.32 Å². The highest BCUT2D eigenvalue weighted by Crippen LogP contribution is 2.40. The van der Waals surface area contributed by atoms with Crippen LogP contribution in [0.2, 0.25) is 0 Å². The summed E-state index contributed by atoms with van der Waals surface area (Å²) in [6, 6.07) is 0. The Morgan fingerprint density at radius 1 is 1.11 bits per heavy atom. The van der Waals surface area contributed by atoms with Gasteiger partial charge in [-0.1, -0.05) is 46.0 Å². The largest absolute Gasteiger partial charge is 0.363 e. The molecule has 0 atom stereocenters. The summed E-state index contributed by atoms with van der Waals surface area (Å²) in [7, 11) is 1.86. The van der Waals surface area contributed by atoms with Crippen molar-refractivity contribution >= 4 is 27.8 Å². The van der Waals surface area contributed by atoms with E-state index in [0.29, 0.717) is 5.92 Å². The minimum atomic E-state index is 0.0183. The lowest BCUT2D eigenvalue weighted by Gasteiger charge is -2.16. The molecule has 6 heteroatoms. The molecule has 0 spiro atoms. The average molecular weight is 296 g/mol. The smallest absolute Gasteiger partial charge is 0.205 e. The summed E-state index contributed by atoms with van der Waals surface area (Å²) < 4.78 is 0. The highest BCUT2D eigenvalue weighted by Gasteiger charge is 2.26. The summed E-state index contributed by atoms with van der Waals surface area (Å²) in [4.78, 5) is 5.99. The minimum absolute atomic E-state index is 0.0183. The molecule has 0 saturated carbocycles. The first kappa shape index (κ1) is 14.4. The summed E-state index contributed by atoms with van der Waals surface area (Å²) in [6.07, 6.45) is 0. The predicted octanol–water partition coefficient (Wildman–Crippen LogP) is 4.12. The molecule has 4 nitrogen and oxygen atoms in total. The van der Waals surface area contributed by atoms with Gasteiger partial charge in [0.25, 0.3) is 0 Å². The van der Waals surface area contributed by atoms with Gasteiger partial charge in [-0.2, -0.15) is 0 Å². The molecule has 0 radical (unpaired) electrons. The van der Waals surface area contributed by atoms with Crippen molar-refractivity contribution < 1.29 is 0 Å². The molecule has 0 bridgehead atoms. The maximum Gasteiger partial charge on any atom is 0.205 e. The van der Waals surface area contributed by atoms with Crippen LogP contribution in [0.4, 0.5) is 5.13 Å². The third kappa shape index (κ3) is 2.95. The van der Waals surface area contributed by atoms with Crippen LogP contribution >= 0.6 is 22.7 Å². The normalized spacial score (nSPS) is 12.2. The van der Waals surface area contributed by atoms with Crippen LogP contribution in [0.15, 0.2) is 0 Å². The van der Waals surface area contributed by atoms with Gasteiger partial charge in [-0.15, -0.1) is 21.5 Å². The number of thiazole rings is 1. The molecule has 0 aliphatic heterocycles. The highest BCUT2D eigenvalue weighted by molar-refractivity contribution is 7.23. The first-order valence-electron chi connectivity index (χ1n) is 6.35. The Balaban J connectivity index is 2.54. The molecule has 0 aliphatic carbocycles. The van der Waals surface area contributed by atoms with Gasteiger partial charge in [0.05, 0.1) is 15.6 Å². The van der Waals surface area contributed by atoms with Gasteiger partial charge in [-0.3, -0.25) is 0 Å². The van der Waals surface area contributed by atoms with Gasteiger partial charge in [0.15, 0.2) is 5.01 Å². The first-order valence-corrected chi connectivity index (χ1v) is 7.99. The Hall–Kier alpha value is -1.01. The van der Waals surface area contributed by atoms with Gasteiger partial charge in [-0.25, -0.2) is 4.98 Å². The van der Waals surface area contributed by atoms with E-state index in [1.54, 1.807) is 22.7 Å². The fourth-order valence-corrected chi connectivity index (χ4v) is 3.70. The second kappa shape index (κ2) is 5.17. The number of aromatic nitrogens is 3. The summed E-state index contributed by atoms with van der Waals surface area (Å²) in [5.74, 6) is 0.441. The zero-order valence-corrected chi connectivity index (χ0v) is 13.9. The Labute approximate surface area is 122 Å². The van der Waals surface area contributed by atoms with Gasteiger partial charge in [-0.05, 0) is 0 Å². The average Bonchev–Trinajstić information content (AvgIpc) is 2.94. The van der Waals surface area contributed by atoms with Gasteiger partial charge >= 0.3 is 0 Å². The number of hydrogen-bond donors (Lipinski definition) is 1. The zero-order chi connectivity index (χ0) is 14.2. The summed E-state index contributed by atoms with van der Waals surface area (Å²) in [5.41, 5.74) is 1.14. The number of hydrogen-bond acceptors (Lipinski definition) is 6. The van der Waals surface area contributed by atoms with E-state index in [1.165, 1.54) is 5.01 Å². The van der Waals surface area contributed by atoms with Crippen molar-refractivity contribution in [3.05, 3.63) is 10.7 Å². The van der Waals surface area contributed by atoms with E-state index >= 15 is 0 Å². The van der Waals surface area contributed by atoms with E-state index in [2.05, 4.69) is 50.1 Å². The molecule has 0 amide bonds. The van der Waals surface area contributed by atoms with Crippen LogP contribution in [0, 0.1) is 0 Å². The number of nitrogens with one attached hydrogen (secondary N) is 1. The predicted molar refractivity (Wildman–Crippen MR) is 83.4 cm³/mol. The van der Waals surface area contributed by atoms with Crippen LogP contribution in [0.25, 0.3) is 9.88 Å². The molecular formula is C13H20N4S2. The molecule has 104 valence electrons. The molecule has 2 aromatic heterocycles. The van der Waals surface area contributed by atoms with Crippen molar-refractivity contribution in [1.82, 2.24) is 15.2 Å². The molecule has 2 heterocycles. The Bertz CT molecular complexity index is 563. The van der Waals surface area contributed by atoms with Gasteiger partial charge in [0.2, 0.25) is 5.13 Å². The van der Waals surface area contributed by atoms with E-state index in [4.69, 9.17) is 4.98 Å². The summed E-state index contributed by atoms with van der Waals surface area (Å²) in [6.45, 7) is 10.9. The minimum Gasteiger partial charge on any atom is -0.363 e. The molecule has 0 unspecified atom stereocenters. The third-order valence-electron chi connectivity index (χ3n) is 2.68. The van der Waals surface area contributed by atoms with Crippen molar-refractivity contribution in [2.75, 3.05) is 12.4 Å². The quantitative estimate of drug-likeness (QED) is 0.925. The molecule has 1 N–H and O–H groups in total. The summed E-state index contributed by atoms with van der Waals surface area (Å²) in [5, 5.41) is 14.4. The lowest BCUT2D eigenvalue weighted by atomic mass is 9.91. The van der Waals surface area contributed by atoms with Crippen LogP contribution in [0.5, 0.6) is 0 Å². The van der Waals surface area contributed by atoms with Crippen LogP contribution in [-0.2, 0) is 5.41 Å². The summed E-state index contributed by atoms with van der Waals surface area (Å²) >= 11 is 3.32. The second-order valence-corrected chi connectivity index (χ2v) is 7.81. The van der Waals surface area contributed by atoms with Crippen LogP contribution in [-0.4, -0.2) is 22.2 Å². The van der Waals surface area contributed by atoms with Crippen LogP contribution in [0.1, 0.15) is 51.2 Å². The van der Waals surface area contributed by atoms with Crippen LogP contribution in [0.3, 0.4) is 0 Å².